The number of aliphatic imine (C=N–C) groups is 1. The number of aromatic amines is 1. The van der Waals surface area contributed by atoms with Crippen molar-refractivity contribution in [3.63, 3.8) is 0 Å². The van der Waals surface area contributed by atoms with Crippen LogP contribution in [0, 0.1) is 0 Å². The molecule has 0 saturated carbocycles. The van der Waals surface area contributed by atoms with Gasteiger partial charge in [-0.15, -0.1) is 24.0 Å². The number of alkyl halides is 3. The second kappa shape index (κ2) is 11.0. The predicted molar refractivity (Wildman–Crippen MR) is 103 cm³/mol. The van der Waals surface area contributed by atoms with Crippen molar-refractivity contribution in [1.29, 1.82) is 0 Å². The molecule has 0 aliphatic rings. The number of aromatic nitrogens is 2. The maximum Gasteiger partial charge on any atom is 0.411 e. The van der Waals surface area contributed by atoms with Gasteiger partial charge in [-0.3, -0.25) is 10.1 Å². The van der Waals surface area contributed by atoms with E-state index in [9.17, 15) is 13.2 Å². The number of hydrogen-bond donors (Lipinski definition) is 3. The maximum absolute atomic E-state index is 12.0. The number of nitrogens with one attached hydrogen (secondary N) is 3. The Kier molecular flexibility index (Phi) is 9.41. The summed E-state index contributed by atoms with van der Waals surface area (Å²) in [5.74, 6) is 0.632. The second-order valence-corrected chi connectivity index (χ2v) is 5.29. The standard InChI is InChI=1S/C16H20F3N5O.HI/c1-20-15(22-9-14-6-7-23-24-14)21-8-12-2-4-13(5-3-12)10-25-11-16(17,18)19;/h2-7H,8-11H2,1H3,(H,23,24)(H2,20,21,22);1H. The van der Waals surface area contributed by atoms with Gasteiger partial charge in [-0.2, -0.15) is 18.3 Å². The van der Waals surface area contributed by atoms with Crippen molar-refractivity contribution in [2.45, 2.75) is 25.9 Å². The van der Waals surface area contributed by atoms with Crippen molar-refractivity contribution in [2.24, 2.45) is 4.99 Å². The van der Waals surface area contributed by atoms with Gasteiger partial charge in [0.15, 0.2) is 5.96 Å². The first-order valence-electron chi connectivity index (χ1n) is 7.61. The molecule has 0 unspecified atom stereocenters. The van der Waals surface area contributed by atoms with Crippen LogP contribution in [0.3, 0.4) is 0 Å². The summed E-state index contributed by atoms with van der Waals surface area (Å²) in [6, 6.07) is 9.02. The summed E-state index contributed by atoms with van der Waals surface area (Å²) < 4.78 is 40.7. The van der Waals surface area contributed by atoms with E-state index in [0.29, 0.717) is 24.6 Å². The highest BCUT2D eigenvalue weighted by atomic mass is 127. The number of H-pyrrole nitrogens is 1. The molecule has 2 aromatic rings. The van der Waals surface area contributed by atoms with E-state index >= 15 is 0 Å². The molecule has 0 fully saturated rings. The van der Waals surface area contributed by atoms with Gasteiger partial charge in [-0.05, 0) is 17.2 Å². The molecule has 3 N–H and O–H groups in total. The number of benzene rings is 1. The summed E-state index contributed by atoms with van der Waals surface area (Å²) >= 11 is 0. The van der Waals surface area contributed by atoms with Gasteiger partial charge >= 0.3 is 6.18 Å². The number of nitrogens with zero attached hydrogens (tertiary/aromatic N) is 2. The van der Waals surface area contributed by atoms with Gasteiger partial charge in [0.05, 0.1) is 18.8 Å². The Hall–Kier alpha value is -1.82. The average molecular weight is 483 g/mol. The van der Waals surface area contributed by atoms with E-state index in [4.69, 9.17) is 0 Å². The Labute approximate surface area is 166 Å². The van der Waals surface area contributed by atoms with Crippen LogP contribution in [0.25, 0.3) is 0 Å². The van der Waals surface area contributed by atoms with Gasteiger partial charge in [-0.1, -0.05) is 24.3 Å². The van der Waals surface area contributed by atoms with Gasteiger partial charge in [-0.25, -0.2) is 0 Å². The second-order valence-electron chi connectivity index (χ2n) is 5.29. The molecule has 0 aliphatic carbocycles. The molecule has 1 aromatic heterocycles. The summed E-state index contributed by atoms with van der Waals surface area (Å²) in [5.41, 5.74) is 2.60. The molecule has 0 aliphatic heterocycles. The van der Waals surface area contributed by atoms with E-state index in [0.717, 1.165) is 11.3 Å². The topological polar surface area (TPSA) is 74.3 Å². The summed E-state index contributed by atoms with van der Waals surface area (Å²) in [5, 5.41) is 13.0. The van der Waals surface area contributed by atoms with Crippen LogP contribution >= 0.6 is 24.0 Å². The molecule has 6 nitrogen and oxygen atoms in total. The highest BCUT2D eigenvalue weighted by Crippen LogP contribution is 2.15. The van der Waals surface area contributed by atoms with Crippen LogP contribution in [0.5, 0.6) is 0 Å². The predicted octanol–water partition coefficient (Wildman–Crippen LogP) is 2.97. The van der Waals surface area contributed by atoms with Crippen molar-refractivity contribution >= 4 is 29.9 Å². The lowest BCUT2D eigenvalue weighted by Crippen LogP contribution is -2.36. The van der Waals surface area contributed by atoms with Gasteiger partial charge < -0.3 is 15.4 Å². The van der Waals surface area contributed by atoms with Gasteiger partial charge in [0, 0.05) is 19.8 Å². The molecule has 26 heavy (non-hydrogen) atoms. The van der Waals surface area contributed by atoms with Crippen LogP contribution in [0.15, 0.2) is 41.5 Å². The normalized spacial score (nSPS) is 11.8. The van der Waals surface area contributed by atoms with E-state index in [1.807, 2.05) is 18.2 Å². The number of hydrogen-bond acceptors (Lipinski definition) is 3. The van der Waals surface area contributed by atoms with Crippen LogP contribution in [-0.4, -0.2) is 36.0 Å². The lowest BCUT2D eigenvalue weighted by Gasteiger charge is -2.12. The van der Waals surface area contributed by atoms with Gasteiger partial charge in [0.2, 0.25) is 0 Å². The van der Waals surface area contributed by atoms with E-state index in [2.05, 4.69) is 30.6 Å². The molecule has 0 spiro atoms. The molecule has 0 bridgehead atoms. The fraction of sp³-hybridized carbons (Fsp3) is 0.375. The quantitative estimate of drug-likeness (QED) is 0.322. The highest BCUT2D eigenvalue weighted by Gasteiger charge is 2.27. The SMILES string of the molecule is CN=C(NCc1ccc(COCC(F)(F)F)cc1)NCc1ccn[nH]1.I. The first kappa shape index (κ1) is 22.2. The Morgan fingerprint density at radius 1 is 1.12 bits per heavy atom. The smallest absolute Gasteiger partial charge is 0.367 e. The van der Waals surface area contributed by atoms with E-state index in [1.54, 1.807) is 25.4 Å². The molecule has 0 atom stereocenters. The molecular formula is C16H21F3IN5O. The van der Waals surface area contributed by atoms with E-state index in [1.165, 1.54) is 0 Å². The number of guanidine groups is 1. The minimum Gasteiger partial charge on any atom is -0.367 e. The lowest BCUT2D eigenvalue weighted by molar-refractivity contribution is -0.176. The molecular weight excluding hydrogens is 462 g/mol. The van der Waals surface area contributed by atoms with E-state index < -0.39 is 12.8 Å². The van der Waals surface area contributed by atoms with Gasteiger partial charge in [0.25, 0.3) is 0 Å². The molecule has 1 heterocycles. The van der Waals surface area contributed by atoms with Crippen molar-refractivity contribution in [3.8, 4) is 0 Å². The Morgan fingerprint density at radius 2 is 1.77 bits per heavy atom. The van der Waals surface area contributed by atoms with Crippen LogP contribution in [0.2, 0.25) is 0 Å². The van der Waals surface area contributed by atoms with Crippen LogP contribution in [0.1, 0.15) is 16.8 Å². The number of rotatable bonds is 7. The fourth-order valence-electron chi connectivity index (χ4n) is 2.01. The molecule has 0 amide bonds. The third-order valence-electron chi connectivity index (χ3n) is 3.25. The Bertz CT molecular complexity index is 660. The largest absolute Gasteiger partial charge is 0.411 e. The van der Waals surface area contributed by atoms with Crippen molar-refractivity contribution in [3.05, 3.63) is 53.3 Å². The van der Waals surface area contributed by atoms with Crippen molar-refractivity contribution in [1.82, 2.24) is 20.8 Å². The summed E-state index contributed by atoms with van der Waals surface area (Å²) in [6.07, 6.45) is -2.63. The summed E-state index contributed by atoms with van der Waals surface area (Å²) in [6.45, 7) is -0.212. The zero-order valence-electron chi connectivity index (χ0n) is 14.1. The molecule has 1 aromatic carbocycles. The van der Waals surface area contributed by atoms with Crippen molar-refractivity contribution in [2.75, 3.05) is 13.7 Å². The van der Waals surface area contributed by atoms with Gasteiger partial charge in [0.1, 0.15) is 6.61 Å². The summed E-state index contributed by atoms with van der Waals surface area (Å²) in [4.78, 5) is 4.12. The Morgan fingerprint density at radius 3 is 2.35 bits per heavy atom. The maximum atomic E-state index is 12.0. The molecule has 0 radical (unpaired) electrons. The monoisotopic (exact) mass is 483 g/mol. The van der Waals surface area contributed by atoms with Crippen molar-refractivity contribution < 1.29 is 17.9 Å². The molecule has 0 saturated heterocycles. The first-order valence-corrected chi connectivity index (χ1v) is 7.61. The first-order chi connectivity index (χ1) is 12.0. The lowest BCUT2D eigenvalue weighted by atomic mass is 10.1. The molecule has 10 heteroatoms. The van der Waals surface area contributed by atoms with Crippen LogP contribution in [0.4, 0.5) is 13.2 Å². The summed E-state index contributed by atoms with van der Waals surface area (Å²) in [7, 11) is 1.67. The molecule has 144 valence electrons. The number of ether oxygens (including phenoxy) is 1. The zero-order valence-corrected chi connectivity index (χ0v) is 16.5. The zero-order chi connectivity index (χ0) is 18.1. The minimum atomic E-state index is -4.30. The third kappa shape index (κ3) is 8.52. The Balaban J connectivity index is 0.00000338. The molecule has 2 rings (SSSR count). The van der Waals surface area contributed by atoms with Crippen LogP contribution in [-0.2, 0) is 24.4 Å². The van der Waals surface area contributed by atoms with Crippen LogP contribution < -0.4 is 10.6 Å². The van der Waals surface area contributed by atoms with E-state index in [-0.39, 0.29) is 30.6 Å². The average Bonchev–Trinajstić information content (AvgIpc) is 3.08. The number of halogens is 4. The third-order valence-corrected chi connectivity index (χ3v) is 3.25. The fourth-order valence-corrected chi connectivity index (χ4v) is 2.01. The highest BCUT2D eigenvalue weighted by molar-refractivity contribution is 14.0. The minimum absolute atomic E-state index is 0.